The van der Waals surface area contributed by atoms with Crippen molar-refractivity contribution in [3.05, 3.63) is 82.7 Å². The Balaban J connectivity index is 1.43. The summed E-state index contributed by atoms with van der Waals surface area (Å²) in [6.07, 6.45) is 0.866. The number of fused-ring (bicyclic) bond motifs is 2. The minimum Gasteiger partial charge on any atom is -0.486 e. The van der Waals surface area contributed by atoms with E-state index in [-0.39, 0.29) is 11.4 Å². The molecule has 0 aliphatic carbocycles. The standard InChI is InChI=1S/C28H29N3O5S2/c1-3-14-31-23-17-24-25(36-16-15-35-24)18-26(23)37-28(31)29-27(32)21-10-12-22(13-11-21)38(33,34)30(4-2)19-20-8-6-5-7-9-20/h5-13,17-18H,3-4,14-16,19H2,1-2H3. The molecule has 3 aromatic carbocycles. The van der Waals surface area contributed by atoms with E-state index in [4.69, 9.17) is 9.47 Å². The summed E-state index contributed by atoms with van der Waals surface area (Å²) in [6.45, 7) is 6.17. The second-order valence-corrected chi connectivity index (χ2v) is 11.8. The van der Waals surface area contributed by atoms with Gasteiger partial charge in [-0.1, -0.05) is 55.5 Å². The highest BCUT2D eigenvalue weighted by Crippen LogP contribution is 2.35. The van der Waals surface area contributed by atoms with Gasteiger partial charge in [-0.3, -0.25) is 4.79 Å². The number of hydrogen-bond donors (Lipinski definition) is 0. The number of aromatic nitrogens is 1. The van der Waals surface area contributed by atoms with Gasteiger partial charge < -0.3 is 14.0 Å². The summed E-state index contributed by atoms with van der Waals surface area (Å²) in [7, 11) is -3.72. The summed E-state index contributed by atoms with van der Waals surface area (Å²) in [5.74, 6) is 0.949. The third-order valence-electron chi connectivity index (χ3n) is 6.28. The summed E-state index contributed by atoms with van der Waals surface area (Å²) in [6, 6.07) is 19.3. The SMILES string of the molecule is CCCn1c(=NC(=O)c2ccc(S(=O)(=O)N(CC)Cc3ccccc3)cc2)sc2cc3c(cc21)OCCO3. The number of benzene rings is 3. The first-order valence-corrected chi connectivity index (χ1v) is 14.8. The average Bonchev–Trinajstić information content (AvgIpc) is 3.26. The molecule has 1 amide bonds. The molecule has 4 aromatic rings. The number of rotatable bonds is 8. The van der Waals surface area contributed by atoms with Crippen molar-refractivity contribution in [2.75, 3.05) is 19.8 Å². The van der Waals surface area contributed by atoms with Crippen molar-refractivity contribution >= 4 is 37.5 Å². The molecule has 38 heavy (non-hydrogen) atoms. The maximum Gasteiger partial charge on any atom is 0.279 e. The third-order valence-corrected chi connectivity index (χ3v) is 9.26. The zero-order valence-corrected chi connectivity index (χ0v) is 22.9. The van der Waals surface area contributed by atoms with E-state index >= 15 is 0 Å². The molecule has 0 unspecified atom stereocenters. The van der Waals surface area contributed by atoms with Crippen LogP contribution in [-0.4, -0.2) is 43.0 Å². The number of nitrogens with zero attached hydrogens (tertiary/aromatic N) is 3. The van der Waals surface area contributed by atoms with Crippen LogP contribution < -0.4 is 14.3 Å². The van der Waals surface area contributed by atoms with E-state index in [9.17, 15) is 13.2 Å². The van der Waals surface area contributed by atoms with Crippen LogP contribution in [0.3, 0.4) is 0 Å². The maximum absolute atomic E-state index is 13.3. The number of thiazole rings is 1. The van der Waals surface area contributed by atoms with Gasteiger partial charge in [-0.2, -0.15) is 9.30 Å². The van der Waals surface area contributed by atoms with Crippen LogP contribution in [0.4, 0.5) is 0 Å². The van der Waals surface area contributed by atoms with Crippen LogP contribution in [-0.2, 0) is 23.1 Å². The van der Waals surface area contributed by atoms with Gasteiger partial charge in [0.2, 0.25) is 10.0 Å². The number of carbonyl (C=O) groups excluding carboxylic acids is 1. The Labute approximate surface area is 225 Å². The maximum atomic E-state index is 13.3. The highest BCUT2D eigenvalue weighted by atomic mass is 32.2. The van der Waals surface area contributed by atoms with Crippen molar-refractivity contribution < 1.29 is 22.7 Å². The number of sulfonamides is 1. The molecule has 0 saturated heterocycles. The van der Waals surface area contributed by atoms with Crippen molar-refractivity contribution in [2.45, 2.75) is 38.3 Å². The number of amides is 1. The fourth-order valence-electron chi connectivity index (χ4n) is 4.36. The van der Waals surface area contributed by atoms with Crippen molar-refractivity contribution in [3.8, 4) is 11.5 Å². The van der Waals surface area contributed by atoms with Crippen molar-refractivity contribution in [1.82, 2.24) is 8.87 Å². The monoisotopic (exact) mass is 551 g/mol. The fourth-order valence-corrected chi connectivity index (χ4v) is 6.86. The Bertz CT molecular complexity index is 1630. The Morgan fingerprint density at radius 2 is 1.68 bits per heavy atom. The van der Waals surface area contributed by atoms with Crippen LogP contribution in [0.5, 0.6) is 11.5 Å². The summed E-state index contributed by atoms with van der Waals surface area (Å²) in [5, 5.41) is 0. The van der Waals surface area contributed by atoms with Crippen LogP contribution in [0.15, 0.2) is 76.6 Å². The van der Waals surface area contributed by atoms with Gasteiger partial charge in [0, 0.05) is 37.3 Å². The topological polar surface area (TPSA) is 90.2 Å². The fraction of sp³-hybridized carbons (Fsp3) is 0.286. The van der Waals surface area contributed by atoms with Gasteiger partial charge in [-0.25, -0.2) is 8.42 Å². The van der Waals surface area contributed by atoms with Crippen LogP contribution in [0.25, 0.3) is 10.2 Å². The number of ether oxygens (including phenoxy) is 2. The molecular formula is C28H29N3O5S2. The largest absolute Gasteiger partial charge is 0.486 e. The molecule has 1 aliphatic heterocycles. The lowest BCUT2D eigenvalue weighted by atomic mass is 10.2. The van der Waals surface area contributed by atoms with Crippen LogP contribution in [0.2, 0.25) is 0 Å². The van der Waals surface area contributed by atoms with Crippen molar-refractivity contribution in [2.24, 2.45) is 4.99 Å². The Morgan fingerprint density at radius 3 is 2.34 bits per heavy atom. The second-order valence-electron chi connectivity index (χ2n) is 8.86. The number of hydrogen-bond acceptors (Lipinski definition) is 6. The van der Waals surface area contributed by atoms with Gasteiger partial charge in [0.1, 0.15) is 13.2 Å². The lowest BCUT2D eigenvalue weighted by molar-refractivity contribution is 0.0997. The van der Waals surface area contributed by atoms with E-state index in [1.165, 1.54) is 39.9 Å². The first kappa shape index (κ1) is 26.1. The van der Waals surface area contributed by atoms with Gasteiger partial charge >= 0.3 is 0 Å². The lowest BCUT2D eigenvalue weighted by Gasteiger charge is -2.20. The van der Waals surface area contributed by atoms with Crippen LogP contribution >= 0.6 is 11.3 Å². The molecule has 1 aromatic heterocycles. The average molecular weight is 552 g/mol. The highest BCUT2D eigenvalue weighted by Gasteiger charge is 2.24. The number of aryl methyl sites for hydroxylation is 1. The summed E-state index contributed by atoms with van der Waals surface area (Å²) >= 11 is 1.41. The lowest BCUT2D eigenvalue weighted by Crippen LogP contribution is -2.30. The minimum atomic E-state index is -3.72. The molecule has 1 aliphatic rings. The molecule has 0 radical (unpaired) electrons. The third kappa shape index (κ3) is 5.24. The molecule has 5 rings (SSSR count). The zero-order chi connectivity index (χ0) is 26.7. The molecule has 8 nitrogen and oxygen atoms in total. The zero-order valence-electron chi connectivity index (χ0n) is 21.3. The van der Waals surface area contributed by atoms with E-state index in [0.717, 1.165) is 22.2 Å². The molecule has 10 heteroatoms. The van der Waals surface area contributed by atoms with E-state index in [1.807, 2.05) is 54.0 Å². The van der Waals surface area contributed by atoms with E-state index < -0.39 is 15.9 Å². The van der Waals surface area contributed by atoms with E-state index in [2.05, 4.69) is 11.9 Å². The predicted octanol–water partition coefficient (Wildman–Crippen LogP) is 4.84. The highest BCUT2D eigenvalue weighted by molar-refractivity contribution is 7.89. The number of carbonyl (C=O) groups is 1. The molecule has 0 bridgehead atoms. The molecule has 0 atom stereocenters. The van der Waals surface area contributed by atoms with Gasteiger partial charge in [0.05, 0.1) is 15.1 Å². The molecule has 0 saturated carbocycles. The van der Waals surface area contributed by atoms with Crippen molar-refractivity contribution in [3.63, 3.8) is 0 Å². The molecule has 0 fully saturated rings. The Hall–Kier alpha value is -3.47. The normalized spacial score (nSPS) is 13.8. The molecule has 0 N–H and O–H groups in total. The van der Waals surface area contributed by atoms with Gasteiger partial charge in [-0.05, 0) is 36.2 Å². The van der Waals surface area contributed by atoms with Gasteiger partial charge in [0.25, 0.3) is 5.91 Å². The first-order chi connectivity index (χ1) is 18.4. The molecule has 0 spiro atoms. The first-order valence-electron chi connectivity index (χ1n) is 12.6. The Morgan fingerprint density at radius 1 is 1.00 bits per heavy atom. The molecule has 2 heterocycles. The molecule has 198 valence electrons. The summed E-state index contributed by atoms with van der Waals surface area (Å²) < 4.78 is 42.4. The smallest absolute Gasteiger partial charge is 0.279 e. The Kier molecular flexibility index (Phi) is 7.64. The quantitative estimate of drug-likeness (QED) is 0.313. The van der Waals surface area contributed by atoms with E-state index in [0.29, 0.717) is 48.2 Å². The molecular weight excluding hydrogens is 522 g/mol. The van der Waals surface area contributed by atoms with Gasteiger partial charge in [0.15, 0.2) is 16.3 Å². The van der Waals surface area contributed by atoms with Crippen molar-refractivity contribution in [1.29, 1.82) is 0 Å². The van der Waals surface area contributed by atoms with Crippen LogP contribution in [0.1, 0.15) is 36.2 Å². The van der Waals surface area contributed by atoms with E-state index in [1.54, 1.807) is 0 Å². The van der Waals surface area contributed by atoms with Crippen LogP contribution in [0, 0.1) is 0 Å². The second kappa shape index (κ2) is 11.1. The van der Waals surface area contributed by atoms with Gasteiger partial charge in [-0.15, -0.1) is 0 Å². The predicted molar refractivity (Wildman–Crippen MR) is 147 cm³/mol. The minimum absolute atomic E-state index is 0.139. The summed E-state index contributed by atoms with van der Waals surface area (Å²) in [4.78, 5) is 18.2. The summed E-state index contributed by atoms with van der Waals surface area (Å²) in [5.41, 5.74) is 2.17.